The van der Waals surface area contributed by atoms with Gasteiger partial charge < -0.3 is 11.5 Å². The van der Waals surface area contributed by atoms with Gasteiger partial charge in [0.15, 0.2) is 0 Å². The third kappa shape index (κ3) is 1.83. The molecule has 20 heavy (non-hydrogen) atoms. The van der Waals surface area contributed by atoms with Crippen molar-refractivity contribution in [1.29, 1.82) is 0 Å². The number of carbonyl (C=O) groups is 1. The topological polar surface area (TPSA) is 99.3 Å². The molecule has 0 saturated heterocycles. The summed E-state index contributed by atoms with van der Waals surface area (Å²) >= 11 is 1.61. The van der Waals surface area contributed by atoms with Crippen LogP contribution in [-0.2, 0) is 0 Å². The average molecular weight is 287 g/mol. The molecule has 0 spiro atoms. The van der Waals surface area contributed by atoms with Crippen LogP contribution in [0.25, 0.3) is 16.0 Å². The minimum atomic E-state index is -0.579. The van der Waals surface area contributed by atoms with Gasteiger partial charge in [0.1, 0.15) is 0 Å². The van der Waals surface area contributed by atoms with Crippen LogP contribution in [0.4, 0.5) is 5.69 Å². The zero-order chi connectivity index (χ0) is 14.4. The van der Waals surface area contributed by atoms with E-state index >= 15 is 0 Å². The van der Waals surface area contributed by atoms with Crippen molar-refractivity contribution in [2.75, 3.05) is 5.73 Å². The molecule has 0 aliphatic heterocycles. The van der Waals surface area contributed by atoms with Crippen LogP contribution < -0.4 is 11.5 Å². The normalized spacial score (nSPS) is 11.1. The fourth-order valence-corrected chi connectivity index (χ4v) is 3.10. The van der Waals surface area contributed by atoms with Gasteiger partial charge in [-0.25, -0.2) is 9.50 Å². The molecular formula is C13H13N5OS. The van der Waals surface area contributed by atoms with Crippen LogP contribution in [0, 0.1) is 13.8 Å². The molecule has 3 aromatic heterocycles. The van der Waals surface area contributed by atoms with E-state index < -0.39 is 5.91 Å². The lowest BCUT2D eigenvalue weighted by Gasteiger charge is -2.02. The molecule has 7 heteroatoms. The van der Waals surface area contributed by atoms with Crippen molar-refractivity contribution in [3.05, 3.63) is 34.7 Å². The molecule has 3 rings (SSSR count). The lowest BCUT2D eigenvalue weighted by molar-refractivity contribution is 0.100. The molecule has 0 saturated carbocycles. The standard InChI is InChI=1S/C13H13N5OS/c1-6-12(20-7(2)17-6)8-3-10-11(14)9(13(15)19)4-16-18(10)5-8/h3-5H,14H2,1-2H3,(H2,15,19). The first kappa shape index (κ1) is 12.6. The van der Waals surface area contributed by atoms with E-state index in [0.717, 1.165) is 21.1 Å². The number of thiazole rings is 1. The molecule has 0 aliphatic carbocycles. The minimum Gasteiger partial charge on any atom is -0.396 e. The first-order chi connectivity index (χ1) is 9.47. The number of primary amides is 1. The first-order valence-electron chi connectivity index (χ1n) is 5.98. The fourth-order valence-electron chi connectivity index (χ4n) is 2.20. The van der Waals surface area contributed by atoms with Crippen LogP contribution in [-0.4, -0.2) is 20.5 Å². The van der Waals surface area contributed by atoms with E-state index in [2.05, 4.69) is 10.1 Å². The van der Waals surface area contributed by atoms with E-state index in [1.165, 1.54) is 6.20 Å². The summed E-state index contributed by atoms with van der Waals surface area (Å²) in [5.74, 6) is -0.579. The van der Waals surface area contributed by atoms with Gasteiger partial charge in [-0.2, -0.15) is 5.10 Å². The zero-order valence-electron chi connectivity index (χ0n) is 11.0. The number of amides is 1. The van der Waals surface area contributed by atoms with E-state index in [1.807, 2.05) is 26.1 Å². The van der Waals surface area contributed by atoms with Crippen LogP contribution in [0.2, 0.25) is 0 Å². The van der Waals surface area contributed by atoms with Crippen molar-refractivity contribution < 1.29 is 4.79 Å². The smallest absolute Gasteiger partial charge is 0.252 e. The van der Waals surface area contributed by atoms with Crippen LogP contribution in [0.3, 0.4) is 0 Å². The summed E-state index contributed by atoms with van der Waals surface area (Å²) in [7, 11) is 0. The number of carbonyl (C=O) groups excluding carboxylic acids is 1. The predicted molar refractivity (Wildman–Crippen MR) is 78.7 cm³/mol. The fraction of sp³-hybridized carbons (Fsp3) is 0.154. The molecule has 0 aromatic carbocycles. The molecule has 3 aromatic rings. The van der Waals surface area contributed by atoms with Crippen LogP contribution in [0.15, 0.2) is 18.5 Å². The number of aryl methyl sites for hydroxylation is 2. The average Bonchev–Trinajstić information content (AvgIpc) is 2.92. The number of nitrogen functional groups attached to an aromatic ring is 1. The highest BCUT2D eigenvalue weighted by Gasteiger charge is 2.15. The number of rotatable bonds is 2. The van der Waals surface area contributed by atoms with E-state index in [1.54, 1.807) is 15.9 Å². The number of nitrogens with two attached hydrogens (primary N) is 2. The highest BCUT2D eigenvalue weighted by Crippen LogP contribution is 2.32. The number of hydrogen-bond donors (Lipinski definition) is 2. The molecule has 0 aliphatic rings. The Morgan fingerprint density at radius 1 is 1.40 bits per heavy atom. The zero-order valence-corrected chi connectivity index (χ0v) is 11.9. The molecule has 1 amide bonds. The molecule has 6 nitrogen and oxygen atoms in total. The summed E-state index contributed by atoms with van der Waals surface area (Å²) in [5, 5.41) is 5.17. The molecule has 4 N–H and O–H groups in total. The first-order valence-corrected chi connectivity index (χ1v) is 6.80. The van der Waals surface area contributed by atoms with Gasteiger partial charge in [0.05, 0.1) is 38.5 Å². The summed E-state index contributed by atoms with van der Waals surface area (Å²) in [5.41, 5.74) is 14.5. The third-order valence-corrected chi connectivity index (χ3v) is 4.23. The molecule has 0 fully saturated rings. The number of nitrogens with zero attached hydrogens (tertiary/aromatic N) is 3. The van der Waals surface area contributed by atoms with Crippen molar-refractivity contribution in [2.24, 2.45) is 5.73 Å². The quantitative estimate of drug-likeness (QED) is 0.750. The molecule has 0 atom stereocenters. The molecule has 3 heterocycles. The van der Waals surface area contributed by atoms with Crippen molar-refractivity contribution in [1.82, 2.24) is 14.6 Å². The Labute approximate surface area is 119 Å². The maximum Gasteiger partial charge on any atom is 0.252 e. The highest BCUT2D eigenvalue weighted by molar-refractivity contribution is 7.15. The van der Waals surface area contributed by atoms with Crippen molar-refractivity contribution in [3.8, 4) is 10.4 Å². The second kappa shape index (κ2) is 4.31. The van der Waals surface area contributed by atoms with E-state index in [0.29, 0.717) is 11.2 Å². The Morgan fingerprint density at radius 2 is 2.15 bits per heavy atom. The second-order valence-corrected chi connectivity index (χ2v) is 5.75. The van der Waals surface area contributed by atoms with E-state index in [-0.39, 0.29) is 5.56 Å². The Bertz CT molecular complexity index is 833. The maximum atomic E-state index is 11.3. The molecule has 0 unspecified atom stereocenters. The van der Waals surface area contributed by atoms with Gasteiger partial charge in [0, 0.05) is 11.8 Å². The summed E-state index contributed by atoms with van der Waals surface area (Å²) in [6.07, 6.45) is 3.26. The SMILES string of the molecule is Cc1nc(C)c(-c2cc3c(N)c(C(N)=O)cnn3c2)s1. The molecule has 102 valence electrons. The van der Waals surface area contributed by atoms with E-state index in [4.69, 9.17) is 11.5 Å². The van der Waals surface area contributed by atoms with Crippen LogP contribution in [0.5, 0.6) is 0 Å². The monoisotopic (exact) mass is 287 g/mol. The van der Waals surface area contributed by atoms with Crippen molar-refractivity contribution in [3.63, 3.8) is 0 Å². The lowest BCUT2D eigenvalue weighted by Crippen LogP contribution is -2.15. The Balaban J connectivity index is 2.23. The lowest BCUT2D eigenvalue weighted by atomic mass is 10.2. The van der Waals surface area contributed by atoms with Crippen molar-refractivity contribution >= 4 is 28.4 Å². The van der Waals surface area contributed by atoms with Crippen LogP contribution in [0.1, 0.15) is 21.1 Å². The molecule has 0 bridgehead atoms. The van der Waals surface area contributed by atoms with Gasteiger partial charge in [-0.1, -0.05) is 0 Å². The number of anilines is 1. The Morgan fingerprint density at radius 3 is 2.75 bits per heavy atom. The summed E-state index contributed by atoms with van der Waals surface area (Å²) in [4.78, 5) is 16.8. The Kier molecular flexibility index (Phi) is 2.72. The Hall–Kier alpha value is -2.41. The number of fused-ring (bicyclic) bond motifs is 1. The predicted octanol–water partition coefficient (Wildman–Crippen LogP) is 1.76. The van der Waals surface area contributed by atoms with Crippen molar-refractivity contribution in [2.45, 2.75) is 13.8 Å². The summed E-state index contributed by atoms with van der Waals surface area (Å²) in [6, 6.07) is 1.90. The number of hydrogen-bond acceptors (Lipinski definition) is 5. The van der Waals surface area contributed by atoms with Gasteiger partial charge >= 0.3 is 0 Å². The largest absolute Gasteiger partial charge is 0.396 e. The van der Waals surface area contributed by atoms with Gasteiger partial charge in [-0.05, 0) is 19.9 Å². The maximum absolute atomic E-state index is 11.3. The third-order valence-electron chi connectivity index (χ3n) is 3.11. The van der Waals surface area contributed by atoms with E-state index in [9.17, 15) is 4.79 Å². The van der Waals surface area contributed by atoms with Gasteiger partial charge in [0.2, 0.25) is 0 Å². The minimum absolute atomic E-state index is 0.236. The summed E-state index contributed by atoms with van der Waals surface area (Å²) < 4.78 is 1.64. The number of aromatic nitrogens is 3. The molecule has 0 radical (unpaired) electrons. The van der Waals surface area contributed by atoms with Gasteiger partial charge in [-0.15, -0.1) is 11.3 Å². The second-order valence-electron chi connectivity index (χ2n) is 4.54. The highest BCUT2D eigenvalue weighted by atomic mass is 32.1. The van der Waals surface area contributed by atoms with Gasteiger partial charge in [-0.3, -0.25) is 4.79 Å². The van der Waals surface area contributed by atoms with Gasteiger partial charge in [0.25, 0.3) is 5.91 Å². The summed E-state index contributed by atoms with van der Waals surface area (Å²) in [6.45, 7) is 3.93. The molecular weight excluding hydrogens is 274 g/mol. The van der Waals surface area contributed by atoms with Crippen LogP contribution >= 0.6 is 11.3 Å².